The maximum atomic E-state index is 5.65. The number of benzene rings is 2. The average Bonchev–Trinajstić information content (AvgIpc) is 2.98. The molecule has 0 amide bonds. The van der Waals surface area contributed by atoms with Gasteiger partial charge in [-0.05, 0) is 29.3 Å². The summed E-state index contributed by atoms with van der Waals surface area (Å²) in [6.45, 7) is 0.492. The van der Waals surface area contributed by atoms with Gasteiger partial charge >= 0.3 is 0 Å². The molecule has 2 aromatic carbocycles. The van der Waals surface area contributed by atoms with Crippen LogP contribution in [0.3, 0.4) is 0 Å². The van der Waals surface area contributed by atoms with Crippen LogP contribution in [0.5, 0.6) is 0 Å². The lowest BCUT2D eigenvalue weighted by Crippen LogP contribution is -1.96. The van der Waals surface area contributed by atoms with Crippen molar-refractivity contribution in [1.29, 1.82) is 0 Å². The third-order valence-corrected chi connectivity index (χ3v) is 3.96. The summed E-state index contributed by atoms with van der Waals surface area (Å²) < 4.78 is 6.39. The van der Waals surface area contributed by atoms with Gasteiger partial charge in [-0.25, -0.2) is 0 Å². The lowest BCUT2D eigenvalue weighted by Gasteiger charge is -1.99. The Labute approximate surface area is 131 Å². The molecule has 0 saturated carbocycles. The minimum absolute atomic E-state index is 0.492. The average molecular weight is 344 g/mol. The summed E-state index contributed by atoms with van der Waals surface area (Å²) >= 11 is 3.52. The first-order chi connectivity index (χ1) is 10.3. The highest BCUT2D eigenvalue weighted by atomic mass is 79.9. The van der Waals surface area contributed by atoms with Crippen LogP contribution in [0, 0.1) is 0 Å². The number of halogens is 1. The van der Waals surface area contributed by atoms with Crippen LogP contribution >= 0.6 is 15.9 Å². The predicted molar refractivity (Wildman–Crippen MR) is 84.6 cm³/mol. The van der Waals surface area contributed by atoms with Crippen molar-refractivity contribution in [3.8, 4) is 11.5 Å². The van der Waals surface area contributed by atoms with E-state index in [1.807, 2.05) is 48.5 Å². The molecule has 5 heteroatoms. The van der Waals surface area contributed by atoms with Crippen LogP contribution in [-0.2, 0) is 13.0 Å². The molecule has 3 rings (SSSR count). The molecule has 106 valence electrons. The minimum atomic E-state index is 0.492. The minimum Gasteiger partial charge on any atom is -0.334 e. The number of aromatic nitrogens is 2. The van der Waals surface area contributed by atoms with Gasteiger partial charge in [0.25, 0.3) is 5.89 Å². The summed E-state index contributed by atoms with van der Waals surface area (Å²) in [5, 5.41) is 4.05. The Bertz CT molecular complexity index is 755. The zero-order valence-corrected chi connectivity index (χ0v) is 12.9. The van der Waals surface area contributed by atoms with Crippen molar-refractivity contribution in [1.82, 2.24) is 10.1 Å². The van der Waals surface area contributed by atoms with Crippen molar-refractivity contribution in [2.45, 2.75) is 13.0 Å². The molecule has 0 radical (unpaired) electrons. The summed E-state index contributed by atoms with van der Waals surface area (Å²) in [6.07, 6.45) is 0.626. The van der Waals surface area contributed by atoms with Gasteiger partial charge < -0.3 is 10.3 Å². The molecule has 0 fully saturated rings. The first kappa shape index (κ1) is 14.0. The van der Waals surface area contributed by atoms with E-state index in [4.69, 9.17) is 10.3 Å². The number of hydrogen-bond donors (Lipinski definition) is 1. The highest BCUT2D eigenvalue weighted by Gasteiger charge is 2.10. The lowest BCUT2D eigenvalue weighted by molar-refractivity contribution is 0.424. The van der Waals surface area contributed by atoms with E-state index < -0.39 is 0 Å². The fraction of sp³-hybridized carbons (Fsp3) is 0.125. The first-order valence-electron chi connectivity index (χ1n) is 6.61. The Morgan fingerprint density at radius 2 is 1.95 bits per heavy atom. The summed E-state index contributed by atoms with van der Waals surface area (Å²) in [5.74, 6) is 1.18. The monoisotopic (exact) mass is 343 g/mol. The third kappa shape index (κ3) is 3.20. The van der Waals surface area contributed by atoms with Crippen LogP contribution in [-0.4, -0.2) is 10.1 Å². The summed E-state index contributed by atoms with van der Waals surface area (Å²) in [4.78, 5) is 4.45. The van der Waals surface area contributed by atoms with Gasteiger partial charge in [-0.3, -0.25) is 0 Å². The van der Waals surface area contributed by atoms with E-state index in [0.717, 1.165) is 21.2 Å². The third-order valence-electron chi connectivity index (χ3n) is 3.18. The SMILES string of the molecule is NCc1cccc(-c2nc(Cc3ccccc3Br)no2)c1. The number of hydrogen-bond acceptors (Lipinski definition) is 4. The van der Waals surface area contributed by atoms with Crippen molar-refractivity contribution in [3.05, 3.63) is 70.0 Å². The van der Waals surface area contributed by atoms with E-state index >= 15 is 0 Å². The van der Waals surface area contributed by atoms with Gasteiger partial charge in [0.15, 0.2) is 5.82 Å². The van der Waals surface area contributed by atoms with Crippen LogP contribution in [0.1, 0.15) is 17.0 Å². The van der Waals surface area contributed by atoms with Crippen molar-refractivity contribution >= 4 is 15.9 Å². The maximum Gasteiger partial charge on any atom is 0.257 e. The largest absolute Gasteiger partial charge is 0.334 e. The highest BCUT2D eigenvalue weighted by Crippen LogP contribution is 2.21. The van der Waals surface area contributed by atoms with Gasteiger partial charge in [0, 0.05) is 23.0 Å². The number of rotatable bonds is 4. The Kier molecular flexibility index (Phi) is 4.13. The molecular weight excluding hydrogens is 330 g/mol. The molecule has 4 nitrogen and oxygen atoms in total. The first-order valence-corrected chi connectivity index (χ1v) is 7.41. The molecular formula is C16H14BrN3O. The lowest BCUT2D eigenvalue weighted by atomic mass is 10.1. The van der Waals surface area contributed by atoms with Gasteiger partial charge in [0.1, 0.15) is 0 Å². The topological polar surface area (TPSA) is 64.9 Å². The van der Waals surface area contributed by atoms with Crippen molar-refractivity contribution < 1.29 is 4.52 Å². The second-order valence-corrected chi connectivity index (χ2v) is 5.54. The second kappa shape index (κ2) is 6.20. The van der Waals surface area contributed by atoms with E-state index in [0.29, 0.717) is 24.7 Å². The van der Waals surface area contributed by atoms with Gasteiger partial charge in [-0.2, -0.15) is 4.98 Å². The summed E-state index contributed by atoms with van der Waals surface area (Å²) in [5.41, 5.74) is 8.71. The molecule has 1 aromatic heterocycles. The molecule has 0 atom stereocenters. The van der Waals surface area contributed by atoms with Crippen LogP contribution in [0.25, 0.3) is 11.5 Å². The van der Waals surface area contributed by atoms with E-state index in [2.05, 4.69) is 26.1 Å². The molecule has 3 aromatic rings. The summed E-state index contributed by atoms with van der Waals surface area (Å²) in [6, 6.07) is 15.8. The molecule has 21 heavy (non-hydrogen) atoms. The molecule has 0 bridgehead atoms. The Hall–Kier alpha value is -1.98. The Balaban J connectivity index is 1.85. The van der Waals surface area contributed by atoms with E-state index in [-0.39, 0.29) is 0 Å². The van der Waals surface area contributed by atoms with Crippen LogP contribution < -0.4 is 5.73 Å². The molecule has 0 aliphatic carbocycles. The highest BCUT2D eigenvalue weighted by molar-refractivity contribution is 9.10. The standard InChI is InChI=1S/C16H14BrN3O/c17-14-7-2-1-5-12(14)9-15-19-16(21-20-15)13-6-3-4-11(8-13)10-18/h1-8H,9-10,18H2. The van der Waals surface area contributed by atoms with E-state index in [1.165, 1.54) is 0 Å². The fourth-order valence-corrected chi connectivity index (χ4v) is 2.51. The van der Waals surface area contributed by atoms with Gasteiger partial charge in [0.2, 0.25) is 0 Å². The summed E-state index contributed by atoms with van der Waals surface area (Å²) in [7, 11) is 0. The van der Waals surface area contributed by atoms with Crippen LogP contribution in [0.15, 0.2) is 57.5 Å². The van der Waals surface area contributed by atoms with E-state index in [1.54, 1.807) is 0 Å². The van der Waals surface area contributed by atoms with Gasteiger partial charge in [-0.1, -0.05) is 51.4 Å². The van der Waals surface area contributed by atoms with Crippen LogP contribution in [0.4, 0.5) is 0 Å². The molecule has 0 aliphatic rings. The van der Waals surface area contributed by atoms with Crippen molar-refractivity contribution in [2.24, 2.45) is 5.73 Å². The molecule has 0 unspecified atom stereocenters. The van der Waals surface area contributed by atoms with Crippen molar-refractivity contribution in [3.63, 3.8) is 0 Å². The zero-order valence-electron chi connectivity index (χ0n) is 11.3. The molecule has 0 aliphatic heterocycles. The molecule has 0 spiro atoms. The van der Waals surface area contributed by atoms with E-state index in [9.17, 15) is 0 Å². The smallest absolute Gasteiger partial charge is 0.257 e. The molecule has 1 heterocycles. The normalized spacial score (nSPS) is 10.8. The molecule has 0 saturated heterocycles. The number of nitrogens with zero attached hydrogens (tertiary/aromatic N) is 2. The molecule has 2 N–H and O–H groups in total. The van der Waals surface area contributed by atoms with Crippen molar-refractivity contribution in [2.75, 3.05) is 0 Å². The predicted octanol–water partition coefficient (Wildman–Crippen LogP) is 3.55. The van der Waals surface area contributed by atoms with Gasteiger partial charge in [0.05, 0.1) is 0 Å². The quantitative estimate of drug-likeness (QED) is 0.786. The zero-order chi connectivity index (χ0) is 14.7. The fourth-order valence-electron chi connectivity index (χ4n) is 2.09. The Morgan fingerprint density at radius 1 is 1.10 bits per heavy atom. The maximum absolute atomic E-state index is 5.65. The Morgan fingerprint density at radius 3 is 2.76 bits per heavy atom. The van der Waals surface area contributed by atoms with Crippen LogP contribution in [0.2, 0.25) is 0 Å². The van der Waals surface area contributed by atoms with Gasteiger partial charge in [-0.15, -0.1) is 0 Å². The second-order valence-electron chi connectivity index (χ2n) is 4.69. The number of nitrogens with two attached hydrogens (primary N) is 1.